The van der Waals surface area contributed by atoms with Crippen molar-refractivity contribution in [1.29, 1.82) is 0 Å². The van der Waals surface area contributed by atoms with Crippen molar-refractivity contribution in [2.45, 2.75) is 55.5 Å². The van der Waals surface area contributed by atoms with E-state index in [9.17, 15) is 0 Å². The first kappa shape index (κ1) is 17.3. The van der Waals surface area contributed by atoms with Gasteiger partial charge in [-0.15, -0.1) is 0 Å². The van der Waals surface area contributed by atoms with Gasteiger partial charge < -0.3 is 5.32 Å². The Hall–Kier alpha value is -1.59. The topological polar surface area (TPSA) is 41.0 Å². The normalized spacial score (nSPS) is 33.5. The fourth-order valence-corrected chi connectivity index (χ4v) is 7.51. The van der Waals surface area contributed by atoms with Crippen LogP contribution in [0.5, 0.6) is 0 Å². The van der Waals surface area contributed by atoms with Gasteiger partial charge in [0.1, 0.15) is 5.03 Å². The van der Waals surface area contributed by atoms with E-state index in [2.05, 4.69) is 45.3 Å². The highest BCUT2D eigenvalue weighted by Gasteiger charge is 2.56. The Kier molecular flexibility index (Phi) is 3.99. The largest absolute Gasteiger partial charge is 0.337 e. The number of piperidine rings is 1. The third-order valence-electron chi connectivity index (χ3n) is 7.72. The first-order chi connectivity index (χ1) is 13.7. The van der Waals surface area contributed by atoms with Crippen LogP contribution in [0.2, 0.25) is 0 Å². The molecule has 6 rings (SSSR count). The van der Waals surface area contributed by atoms with E-state index in [4.69, 9.17) is 0 Å². The highest BCUT2D eigenvalue weighted by Crippen LogP contribution is 2.62. The molecule has 3 heterocycles. The molecule has 1 N–H and O–H groups in total. The van der Waals surface area contributed by atoms with Gasteiger partial charge in [-0.25, -0.2) is 9.97 Å². The molecule has 2 aliphatic heterocycles. The summed E-state index contributed by atoms with van der Waals surface area (Å²) in [6.07, 6.45) is 10.9. The summed E-state index contributed by atoms with van der Waals surface area (Å²) in [5, 5.41) is 4.45. The second kappa shape index (κ2) is 6.46. The molecule has 1 spiro atoms. The second-order valence-electron chi connectivity index (χ2n) is 9.53. The van der Waals surface area contributed by atoms with Crippen molar-refractivity contribution in [1.82, 2.24) is 14.9 Å². The van der Waals surface area contributed by atoms with E-state index >= 15 is 0 Å². The standard InChI is InChI=1S/C23H28N4S/c1-15-10-23(11-15)17-3-2-4-18(23)14-27(13-17)12-16-5-6-20-19(9-16)26-21-22(28-20)25-8-7-24-21/h5-9,15,17-18H,2-4,10-14H2,1H3,(H,24,26). The van der Waals surface area contributed by atoms with E-state index in [-0.39, 0.29) is 0 Å². The van der Waals surface area contributed by atoms with Crippen LogP contribution in [0.1, 0.15) is 44.6 Å². The molecule has 2 atom stereocenters. The van der Waals surface area contributed by atoms with Gasteiger partial charge in [-0.05, 0) is 66.5 Å². The van der Waals surface area contributed by atoms with Crippen LogP contribution < -0.4 is 5.32 Å². The number of hydrogen-bond acceptors (Lipinski definition) is 5. The summed E-state index contributed by atoms with van der Waals surface area (Å²) in [6, 6.07) is 6.88. The first-order valence-corrected chi connectivity index (χ1v) is 11.6. The van der Waals surface area contributed by atoms with E-state index in [1.54, 1.807) is 24.2 Å². The Morgan fingerprint density at radius 1 is 1.14 bits per heavy atom. The number of aromatic nitrogens is 2. The van der Waals surface area contributed by atoms with Crippen molar-refractivity contribution in [3.63, 3.8) is 0 Å². The Balaban J connectivity index is 1.19. The SMILES string of the molecule is CC1CC2(C1)C1CCCC2CN(Cc2ccc3c(c2)Nc2nccnc2S3)C1. The zero-order valence-corrected chi connectivity index (χ0v) is 17.3. The lowest BCUT2D eigenvalue weighted by Crippen LogP contribution is -2.60. The molecule has 146 valence electrons. The highest BCUT2D eigenvalue weighted by atomic mass is 32.2. The number of nitrogens with one attached hydrogen (secondary N) is 1. The zero-order valence-electron chi connectivity index (χ0n) is 16.5. The number of nitrogens with zero attached hydrogens (tertiary/aromatic N) is 3. The number of benzene rings is 1. The minimum atomic E-state index is 0.713. The maximum atomic E-state index is 4.44. The molecule has 2 unspecified atom stereocenters. The molecule has 1 saturated heterocycles. The van der Waals surface area contributed by atoms with E-state index in [1.807, 2.05) is 0 Å². The van der Waals surface area contributed by atoms with Crippen LogP contribution in [0.25, 0.3) is 0 Å². The predicted molar refractivity (Wildman–Crippen MR) is 113 cm³/mol. The lowest BCUT2D eigenvalue weighted by atomic mass is 9.46. The second-order valence-corrected chi connectivity index (χ2v) is 10.6. The van der Waals surface area contributed by atoms with Crippen molar-refractivity contribution in [3.8, 4) is 0 Å². The summed E-state index contributed by atoms with van der Waals surface area (Å²) in [5.41, 5.74) is 3.30. The number of likely N-dealkylation sites (tertiary alicyclic amines) is 1. The van der Waals surface area contributed by atoms with E-state index in [1.165, 1.54) is 61.3 Å². The van der Waals surface area contributed by atoms with Gasteiger partial charge in [0.2, 0.25) is 0 Å². The van der Waals surface area contributed by atoms with Crippen LogP contribution in [0, 0.1) is 23.2 Å². The summed E-state index contributed by atoms with van der Waals surface area (Å²) >= 11 is 1.71. The van der Waals surface area contributed by atoms with Crippen LogP contribution >= 0.6 is 11.8 Å². The van der Waals surface area contributed by atoms with Crippen LogP contribution in [0.3, 0.4) is 0 Å². The predicted octanol–water partition coefficient (Wildman–Crippen LogP) is 5.33. The molecule has 2 aliphatic carbocycles. The molecule has 2 saturated carbocycles. The molecule has 5 heteroatoms. The minimum Gasteiger partial charge on any atom is -0.337 e. The van der Waals surface area contributed by atoms with Crippen LogP contribution in [-0.2, 0) is 6.54 Å². The van der Waals surface area contributed by atoms with Gasteiger partial charge in [0, 0.05) is 36.9 Å². The number of rotatable bonds is 2. The van der Waals surface area contributed by atoms with Gasteiger partial charge in [0.05, 0.1) is 5.69 Å². The molecule has 28 heavy (non-hydrogen) atoms. The summed E-state index contributed by atoms with van der Waals surface area (Å²) in [4.78, 5) is 12.9. The maximum Gasteiger partial charge on any atom is 0.163 e. The third kappa shape index (κ3) is 2.70. The van der Waals surface area contributed by atoms with Gasteiger partial charge in [0.15, 0.2) is 5.82 Å². The summed E-state index contributed by atoms with van der Waals surface area (Å²) in [7, 11) is 0. The van der Waals surface area contributed by atoms with E-state index in [0.717, 1.165) is 35.1 Å². The van der Waals surface area contributed by atoms with E-state index < -0.39 is 0 Å². The summed E-state index contributed by atoms with van der Waals surface area (Å²) < 4.78 is 0. The molecule has 1 aromatic carbocycles. The van der Waals surface area contributed by atoms with Crippen LogP contribution in [-0.4, -0.2) is 28.0 Å². The Morgan fingerprint density at radius 2 is 1.93 bits per heavy atom. The van der Waals surface area contributed by atoms with Crippen molar-refractivity contribution in [2.24, 2.45) is 23.2 Å². The van der Waals surface area contributed by atoms with Crippen LogP contribution in [0.4, 0.5) is 11.5 Å². The molecule has 3 fully saturated rings. The van der Waals surface area contributed by atoms with E-state index in [0.29, 0.717) is 5.41 Å². The van der Waals surface area contributed by atoms with Crippen LogP contribution in [0.15, 0.2) is 40.5 Å². The molecule has 0 radical (unpaired) electrons. The average molecular weight is 393 g/mol. The Bertz CT molecular complexity index is 891. The van der Waals surface area contributed by atoms with Crippen molar-refractivity contribution < 1.29 is 0 Å². The monoisotopic (exact) mass is 392 g/mol. The third-order valence-corrected chi connectivity index (χ3v) is 8.79. The fraction of sp³-hybridized carbons (Fsp3) is 0.565. The smallest absolute Gasteiger partial charge is 0.163 e. The Morgan fingerprint density at radius 3 is 2.71 bits per heavy atom. The number of anilines is 2. The summed E-state index contributed by atoms with van der Waals surface area (Å²) in [6.45, 7) is 6.13. The lowest BCUT2D eigenvalue weighted by Gasteiger charge is -2.63. The molecular formula is C23H28N4S. The minimum absolute atomic E-state index is 0.713. The Labute approximate surface area is 171 Å². The van der Waals surface area contributed by atoms with Gasteiger partial charge in [0.25, 0.3) is 0 Å². The number of hydrogen-bond donors (Lipinski definition) is 1. The van der Waals surface area contributed by atoms with Crippen molar-refractivity contribution in [2.75, 3.05) is 18.4 Å². The molecular weight excluding hydrogens is 364 g/mol. The van der Waals surface area contributed by atoms with Gasteiger partial charge in [-0.1, -0.05) is 31.2 Å². The first-order valence-electron chi connectivity index (χ1n) is 10.8. The molecule has 4 nitrogen and oxygen atoms in total. The average Bonchev–Trinajstić information content (AvgIpc) is 2.66. The quantitative estimate of drug-likeness (QED) is 0.638. The molecule has 4 aliphatic rings. The van der Waals surface area contributed by atoms with Crippen molar-refractivity contribution in [3.05, 3.63) is 36.2 Å². The molecule has 0 amide bonds. The summed E-state index contributed by atoms with van der Waals surface area (Å²) in [5.74, 6) is 3.71. The molecule has 2 bridgehead atoms. The van der Waals surface area contributed by atoms with Gasteiger partial charge in [-0.2, -0.15) is 0 Å². The number of fused-ring (bicyclic) bond motifs is 2. The highest BCUT2D eigenvalue weighted by molar-refractivity contribution is 7.99. The van der Waals surface area contributed by atoms with Crippen molar-refractivity contribution >= 4 is 23.3 Å². The van der Waals surface area contributed by atoms with Gasteiger partial charge in [-0.3, -0.25) is 4.90 Å². The van der Waals surface area contributed by atoms with Gasteiger partial charge >= 0.3 is 0 Å². The molecule has 1 aromatic heterocycles. The zero-order chi connectivity index (χ0) is 18.7. The maximum absolute atomic E-state index is 4.44. The molecule has 2 aromatic rings. The lowest BCUT2D eigenvalue weighted by molar-refractivity contribution is -0.137. The fourth-order valence-electron chi connectivity index (χ4n) is 6.63.